The van der Waals surface area contributed by atoms with Crippen molar-refractivity contribution in [1.29, 1.82) is 0 Å². The molecular formula is C23H30N2O4. The van der Waals surface area contributed by atoms with Crippen LogP contribution in [0.1, 0.15) is 38.5 Å². The molecule has 29 heavy (non-hydrogen) atoms. The third-order valence-corrected chi connectivity index (χ3v) is 7.43. The van der Waals surface area contributed by atoms with Crippen molar-refractivity contribution in [2.24, 2.45) is 17.8 Å². The number of rotatable bonds is 7. The average molecular weight is 399 g/mol. The summed E-state index contributed by atoms with van der Waals surface area (Å²) >= 11 is 0. The lowest BCUT2D eigenvalue weighted by atomic mass is 9.73. The Morgan fingerprint density at radius 3 is 2.79 bits per heavy atom. The zero-order chi connectivity index (χ0) is 19.8. The first-order valence-electron chi connectivity index (χ1n) is 11.1. The largest absolute Gasteiger partial charge is 0.493 e. The first-order valence-corrected chi connectivity index (χ1v) is 11.1. The van der Waals surface area contributed by atoms with Crippen molar-refractivity contribution in [3.8, 4) is 5.75 Å². The molecule has 4 atom stereocenters. The van der Waals surface area contributed by atoms with Crippen LogP contribution in [0.3, 0.4) is 0 Å². The minimum Gasteiger partial charge on any atom is -0.493 e. The van der Waals surface area contributed by atoms with Gasteiger partial charge < -0.3 is 19.7 Å². The highest BCUT2D eigenvalue weighted by atomic mass is 16.5. The van der Waals surface area contributed by atoms with Gasteiger partial charge in [0, 0.05) is 30.8 Å². The van der Waals surface area contributed by atoms with E-state index in [1.165, 1.54) is 6.42 Å². The first kappa shape index (κ1) is 18.9. The van der Waals surface area contributed by atoms with E-state index in [1.807, 2.05) is 30.3 Å². The Labute approximate surface area is 171 Å². The Balaban J connectivity index is 1.12. The summed E-state index contributed by atoms with van der Waals surface area (Å²) < 4.78 is 12.0. The fourth-order valence-corrected chi connectivity index (χ4v) is 5.64. The molecule has 0 radical (unpaired) electrons. The van der Waals surface area contributed by atoms with E-state index in [2.05, 4.69) is 10.2 Å². The molecule has 5 rings (SSSR count). The summed E-state index contributed by atoms with van der Waals surface area (Å²) in [6.07, 6.45) is 5.92. The lowest BCUT2D eigenvalue weighted by Gasteiger charge is -2.30. The second-order valence-corrected chi connectivity index (χ2v) is 9.09. The molecule has 6 nitrogen and oxygen atoms in total. The van der Waals surface area contributed by atoms with Crippen molar-refractivity contribution in [2.75, 3.05) is 26.2 Å². The van der Waals surface area contributed by atoms with Crippen LogP contribution in [-0.4, -0.2) is 54.7 Å². The van der Waals surface area contributed by atoms with Crippen molar-refractivity contribution >= 4 is 11.8 Å². The van der Waals surface area contributed by atoms with Crippen LogP contribution >= 0.6 is 0 Å². The fourth-order valence-electron chi connectivity index (χ4n) is 5.64. The van der Waals surface area contributed by atoms with E-state index < -0.39 is 0 Å². The zero-order valence-electron chi connectivity index (χ0n) is 16.8. The second kappa shape index (κ2) is 7.63. The molecule has 1 N–H and O–H groups in total. The first-order chi connectivity index (χ1) is 14.1. The van der Waals surface area contributed by atoms with E-state index in [1.54, 1.807) is 0 Å². The minimum atomic E-state index is -0.157. The third-order valence-electron chi connectivity index (χ3n) is 7.43. The van der Waals surface area contributed by atoms with E-state index in [-0.39, 0.29) is 23.5 Å². The molecule has 1 spiro atoms. The number of nitrogens with zero attached hydrogens (tertiary/aromatic N) is 1. The molecule has 3 saturated heterocycles. The maximum absolute atomic E-state index is 12.7. The van der Waals surface area contributed by atoms with Gasteiger partial charge in [0.2, 0.25) is 11.8 Å². The van der Waals surface area contributed by atoms with Crippen LogP contribution < -0.4 is 10.1 Å². The Morgan fingerprint density at radius 2 is 2.03 bits per heavy atom. The fraction of sp³-hybridized carbons (Fsp3) is 0.652. The van der Waals surface area contributed by atoms with Crippen LogP contribution in [0.2, 0.25) is 0 Å². The van der Waals surface area contributed by atoms with E-state index >= 15 is 0 Å². The highest BCUT2D eigenvalue weighted by Gasteiger charge is 2.63. The summed E-state index contributed by atoms with van der Waals surface area (Å²) in [6, 6.07) is 9.55. The van der Waals surface area contributed by atoms with E-state index in [4.69, 9.17) is 9.47 Å². The van der Waals surface area contributed by atoms with Crippen LogP contribution in [0.5, 0.6) is 5.75 Å². The van der Waals surface area contributed by atoms with Crippen molar-refractivity contribution in [2.45, 2.75) is 50.2 Å². The van der Waals surface area contributed by atoms with Gasteiger partial charge in [-0.25, -0.2) is 0 Å². The van der Waals surface area contributed by atoms with Crippen LogP contribution in [-0.2, 0) is 14.3 Å². The summed E-state index contributed by atoms with van der Waals surface area (Å²) in [7, 11) is 0. The molecule has 1 aromatic carbocycles. The zero-order valence-corrected chi connectivity index (χ0v) is 16.8. The summed E-state index contributed by atoms with van der Waals surface area (Å²) in [5, 5.41) is 3.09. The number of nitrogens with one attached hydrogen (secondary N) is 1. The minimum absolute atomic E-state index is 0.0122. The normalized spacial score (nSPS) is 32.7. The quantitative estimate of drug-likeness (QED) is 0.766. The van der Waals surface area contributed by atoms with Gasteiger partial charge in [-0.1, -0.05) is 24.6 Å². The molecule has 0 aromatic heterocycles. The number of carbonyl (C=O) groups is 2. The van der Waals surface area contributed by atoms with Crippen LogP contribution in [0, 0.1) is 17.8 Å². The van der Waals surface area contributed by atoms with Gasteiger partial charge in [0.25, 0.3) is 0 Å². The van der Waals surface area contributed by atoms with Gasteiger partial charge in [0.1, 0.15) is 5.75 Å². The Morgan fingerprint density at radius 1 is 1.21 bits per heavy atom. The Kier molecular flexibility index (Phi) is 4.98. The molecule has 6 heteroatoms. The van der Waals surface area contributed by atoms with Crippen molar-refractivity contribution in [3.05, 3.63) is 30.3 Å². The number of fused-ring (bicyclic) bond motifs is 1. The van der Waals surface area contributed by atoms with Crippen molar-refractivity contribution < 1.29 is 19.1 Å². The number of carbonyl (C=O) groups excluding carboxylic acids is 2. The van der Waals surface area contributed by atoms with Gasteiger partial charge in [-0.15, -0.1) is 0 Å². The van der Waals surface area contributed by atoms with Crippen LogP contribution in [0.25, 0.3) is 0 Å². The summed E-state index contributed by atoms with van der Waals surface area (Å²) in [4.78, 5) is 27.1. The van der Waals surface area contributed by atoms with Gasteiger partial charge in [-0.05, 0) is 37.8 Å². The number of hydrogen-bond donors (Lipinski definition) is 1. The molecule has 1 aliphatic carbocycles. The second-order valence-electron chi connectivity index (χ2n) is 9.09. The molecule has 4 fully saturated rings. The average Bonchev–Trinajstić information content (AvgIpc) is 3.34. The van der Waals surface area contributed by atoms with Gasteiger partial charge >= 0.3 is 0 Å². The smallest absolute Gasteiger partial charge is 0.225 e. The predicted molar refractivity (Wildman–Crippen MR) is 107 cm³/mol. The molecule has 4 aliphatic rings. The lowest BCUT2D eigenvalue weighted by Crippen LogP contribution is -2.42. The number of likely N-dealkylation sites (tertiary alicyclic amines) is 1. The molecule has 3 heterocycles. The number of hydrogen-bond acceptors (Lipinski definition) is 4. The molecule has 2 bridgehead atoms. The van der Waals surface area contributed by atoms with Crippen LogP contribution in [0.4, 0.5) is 0 Å². The molecule has 1 saturated carbocycles. The summed E-state index contributed by atoms with van der Waals surface area (Å²) in [5.74, 6) is 2.02. The van der Waals surface area contributed by atoms with Gasteiger partial charge in [-0.2, -0.15) is 0 Å². The molecule has 156 valence electrons. The third kappa shape index (κ3) is 3.52. The Bertz CT molecular complexity index is 765. The van der Waals surface area contributed by atoms with E-state index in [0.717, 1.165) is 44.5 Å². The van der Waals surface area contributed by atoms with Gasteiger partial charge in [0.15, 0.2) is 0 Å². The maximum atomic E-state index is 12.7. The van der Waals surface area contributed by atoms with Gasteiger partial charge in [0.05, 0.1) is 31.3 Å². The number of ether oxygens (including phenoxy) is 2. The van der Waals surface area contributed by atoms with E-state index in [0.29, 0.717) is 37.3 Å². The summed E-state index contributed by atoms with van der Waals surface area (Å²) in [6.45, 7) is 2.55. The molecule has 2 amide bonds. The Hall–Kier alpha value is -2.08. The SMILES string of the molecule is O=C(CCOc1ccccc1)NC[C@H]1[C@H]2CN(C(=O)C3CCC3)C[C@]23CC[C@H]1O3. The number of amides is 2. The standard InChI is InChI=1S/C23H30N2O4/c26-21(10-12-28-17-7-2-1-3-8-17)24-13-18-19-14-25(22(27)16-5-4-6-16)15-23(19)11-9-20(18)29-23/h1-3,7-8,16,18-20H,4-6,9-15H2,(H,24,26)/t18-,19+,20+,23+/m0/s1. The van der Waals surface area contributed by atoms with E-state index in [9.17, 15) is 9.59 Å². The summed E-state index contributed by atoms with van der Waals surface area (Å²) in [5.41, 5.74) is -0.157. The highest BCUT2D eigenvalue weighted by Crippen LogP contribution is 2.55. The topological polar surface area (TPSA) is 67.9 Å². The molecule has 1 aromatic rings. The maximum Gasteiger partial charge on any atom is 0.225 e. The van der Waals surface area contributed by atoms with Gasteiger partial charge in [-0.3, -0.25) is 9.59 Å². The molecule has 3 aliphatic heterocycles. The monoisotopic (exact) mass is 398 g/mol. The van der Waals surface area contributed by atoms with Crippen molar-refractivity contribution in [3.63, 3.8) is 0 Å². The van der Waals surface area contributed by atoms with Crippen LogP contribution in [0.15, 0.2) is 30.3 Å². The number of benzene rings is 1. The highest BCUT2D eigenvalue weighted by molar-refractivity contribution is 5.80. The predicted octanol–water partition coefficient (Wildman–Crippen LogP) is 2.38. The van der Waals surface area contributed by atoms with Crippen molar-refractivity contribution in [1.82, 2.24) is 10.2 Å². The molecule has 0 unspecified atom stereocenters. The lowest BCUT2D eigenvalue weighted by molar-refractivity contribution is -0.138. The molecular weight excluding hydrogens is 368 g/mol. The number of para-hydroxylation sites is 1.